The van der Waals surface area contributed by atoms with Crippen molar-refractivity contribution in [3.8, 4) is 22.5 Å². The van der Waals surface area contributed by atoms with Crippen molar-refractivity contribution < 1.29 is 14.3 Å². The van der Waals surface area contributed by atoms with Crippen LogP contribution >= 0.6 is 0 Å². The molecule has 3 aromatic carbocycles. The SMILES string of the molecule is O=C(O)c1cn(C2CC2)c2c(cc(F)c3nc(-c4ccccc4)c(-c4ccccc4)nc32)c1=O. The molecule has 0 unspecified atom stereocenters. The molecule has 1 fully saturated rings. The predicted molar refractivity (Wildman–Crippen MR) is 127 cm³/mol. The van der Waals surface area contributed by atoms with Gasteiger partial charge in [-0.05, 0) is 18.9 Å². The highest BCUT2D eigenvalue weighted by Gasteiger charge is 2.29. The highest BCUT2D eigenvalue weighted by atomic mass is 19.1. The number of hydrogen-bond donors (Lipinski definition) is 1. The second kappa shape index (κ2) is 7.59. The first kappa shape index (κ1) is 20.2. The van der Waals surface area contributed by atoms with Crippen LogP contribution in [0.1, 0.15) is 29.2 Å². The van der Waals surface area contributed by atoms with Gasteiger partial charge in [0.2, 0.25) is 5.43 Å². The molecular weight excluding hydrogens is 433 g/mol. The number of aromatic nitrogens is 3. The molecule has 34 heavy (non-hydrogen) atoms. The first-order valence-electron chi connectivity index (χ1n) is 11.0. The molecule has 1 N–H and O–H groups in total. The number of carboxylic acid groups (broad SMARTS) is 1. The lowest BCUT2D eigenvalue weighted by Gasteiger charge is -2.16. The van der Waals surface area contributed by atoms with E-state index in [4.69, 9.17) is 9.97 Å². The molecule has 1 saturated carbocycles. The Hall–Kier alpha value is -4.39. The Labute approximate surface area is 193 Å². The van der Waals surface area contributed by atoms with E-state index in [-0.39, 0.29) is 28.0 Å². The van der Waals surface area contributed by atoms with Crippen LogP contribution in [0.15, 0.2) is 77.7 Å². The fourth-order valence-electron chi connectivity index (χ4n) is 4.39. The quantitative estimate of drug-likeness (QED) is 0.367. The van der Waals surface area contributed by atoms with Crippen molar-refractivity contribution in [2.24, 2.45) is 0 Å². The van der Waals surface area contributed by atoms with Gasteiger partial charge in [-0.1, -0.05) is 60.7 Å². The van der Waals surface area contributed by atoms with E-state index >= 15 is 4.39 Å². The highest BCUT2D eigenvalue weighted by molar-refractivity contribution is 6.05. The van der Waals surface area contributed by atoms with Gasteiger partial charge in [0.15, 0.2) is 5.82 Å². The Bertz CT molecular complexity index is 1660. The van der Waals surface area contributed by atoms with Crippen molar-refractivity contribution in [3.63, 3.8) is 0 Å². The fraction of sp³-hybridized carbons (Fsp3) is 0.111. The lowest BCUT2D eigenvalue weighted by atomic mass is 10.0. The Morgan fingerprint density at radius 1 is 0.912 bits per heavy atom. The summed E-state index contributed by atoms with van der Waals surface area (Å²) in [6.07, 6.45) is 3.05. The van der Waals surface area contributed by atoms with Crippen molar-refractivity contribution in [1.29, 1.82) is 0 Å². The van der Waals surface area contributed by atoms with E-state index in [1.807, 2.05) is 60.7 Å². The molecule has 0 aliphatic heterocycles. The van der Waals surface area contributed by atoms with E-state index in [0.29, 0.717) is 16.9 Å². The van der Waals surface area contributed by atoms with Crippen LogP contribution < -0.4 is 5.43 Å². The minimum absolute atomic E-state index is 0.00225. The van der Waals surface area contributed by atoms with Gasteiger partial charge in [-0.3, -0.25) is 4.79 Å². The second-order valence-electron chi connectivity index (χ2n) is 8.42. The van der Waals surface area contributed by atoms with Gasteiger partial charge in [0.05, 0.1) is 22.3 Å². The summed E-state index contributed by atoms with van der Waals surface area (Å²) in [6, 6.07) is 20.0. The third-order valence-electron chi connectivity index (χ3n) is 6.15. The third kappa shape index (κ3) is 3.16. The van der Waals surface area contributed by atoms with Crippen molar-refractivity contribution in [2.75, 3.05) is 0 Å². The van der Waals surface area contributed by atoms with Crippen molar-refractivity contribution in [1.82, 2.24) is 14.5 Å². The van der Waals surface area contributed by atoms with Crippen molar-refractivity contribution in [3.05, 3.63) is 94.5 Å². The molecule has 0 spiro atoms. The predicted octanol–water partition coefficient (Wildman–Crippen LogP) is 5.45. The molecule has 0 saturated heterocycles. The molecule has 0 atom stereocenters. The van der Waals surface area contributed by atoms with Crippen LogP contribution in [0.25, 0.3) is 44.5 Å². The summed E-state index contributed by atoms with van der Waals surface area (Å²) in [4.78, 5) is 34.3. The first-order valence-corrected chi connectivity index (χ1v) is 11.0. The molecular formula is C27H18FN3O3. The Balaban J connectivity index is 1.79. The highest BCUT2D eigenvalue weighted by Crippen LogP contribution is 2.40. The molecule has 2 aromatic heterocycles. The smallest absolute Gasteiger partial charge is 0.341 e. The maximum Gasteiger partial charge on any atom is 0.341 e. The van der Waals surface area contributed by atoms with Crippen LogP contribution in [-0.4, -0.2) is 25.6 Å². The fourth-order valence-corrected chi connectivity index (χ4v) is 4.39. The van der Waals surface area contributed by atoms with Crippen LogP contribution in [0, 0.1) is 5.82 Å². The number of pyridine rings is 1. The van der Waals surface area contributed by atoms with E-state index in [1.165, 1.54) is 6.20 Å². The zero-order valence-corrected chi connectivity index (χ0v) is 17.9. The van der Waals surface area contributed by atoms with Crippen molar-refractivity contribution in [2.45, 2.75) is 18.9 Å². The average Bonchev–Trinajstić information content (AvgIpc) is 3.70. The maximum absolute atomic E-state index is 15.4. The lowest BCUT2D eigenvalue weighted by Crippen LogP contribution is -2.19. The number of carbonyl (C=O) groups is 1. The number of fused-ring (bicyclic) bond motifs is 3. The Morgan fingerprint density at radius 3 is 2.00 bits per heavy atom. The van der Waals surface area contributed by atoms with Gasteiger partial charge < -0.3 is 9.67 Å². The van der Waals surface area contributed by atoms with Gasteiger partial charge in [-0.15, -0.1) is 0 Å². The Morgan fingerprint density at radius 2 is 1.47 bits per heavy atom. The average molecular weight is 451 g/mol. The van der Waals surface area contributed by atoms with Crippen LogP contribution in [0.5, 0.6) is 0 Å². The van der Waals surface area contributed by atoms with Gasteiger partial charge in [0, 0.05) is 23.4 Å². The van der Waals surface area contributed by atoms with Crippen LogP contribution in [0.4, 0.5) is 4.39 Å². The molecule has 0 amide bonds. The topological polar surface area (TPSA) is 85.1 Å². The van der Waals surface area contributed by atoms with Gasteiger partial charge in [-0.2, -0.15) is 0 Å². The van der Waals surface area contributed by atoms with E-state index < -0.39 is 17.2 Å². The summed E-state index contributed by atoms with van der Waals surface area (Å²) in [7, 11) is 0. The Kier molecular flexibility index (Phi) is 4.52. The molecule has 0 bridgehead atoms. The number of halogens is 1. The summed E-state index contributed by atoms with van der Waals surface area (Å²) in [5.41, 5.74) is 2.27. The number of aromatic carboxylic acids is 1. The molecule has 1 aliphatic carbocycles. The lowest BCUT2D eigenvalue weighted by molar-refractivity contribution is 0.0695. The largest absolute Gasteiger partial charge is 0.477 e. The van der Waals surface area contributed by atoms with E-state index in [0.717, 1.165) is 30.0 Å². The number of nitrogens with zero attached hydrogens (tertiary/aromatic N) is 3. The van der Waals surface area contributed by atoms with E-state index in [1.54, 1.807) is 4.57 Å². The van der Waals surface area contributed by atoms with Gasteiger partial charge in [0.1, 0.15) is 16.6 Å². The normalized spacial score (nSPS) is 13.4. The van der Waals surface area contributed by atoms with Gasteiger partial charge in [0.25, 0.3) is 0 Å². The second-order valence-corrected chi connectivity index (χ2v) is 8.42. The van der Waals surface area contributed by atoms with E-state index in [9.17, 15) is 14.7 Å². The monoisotopic (exact) mass is 451 g/mol. The van der Waals surface area contributed by atoms with Crippen LogP contribution in [0.3, 0.4) is 0 Å². The molecule has 166 valence electrons. The molecule has 0 radical (unpaired) electrons. The number of rotatable bonds is 4. The third-order valence-corrected chi connectivity index (χ3v) is 6.15. The number of hydrogen-bond acceptors (Lipinski definition) is 4. The minimum Gasteiger partial charge on any atom is -0.477 e. The molecule has 5 aromatic rings. The first-order chi connectivity index (χ1) is 16.5. The van der Waals surface area contributed by atoms with Crippen LogP contribution in [-0.2, 0) is 0 Å². The summed E-state index contributed by atoms with van der Waals surface area (Å²) in [5.74, 6) is -2.05. The summed E-state index contributed by atoms with van der Waals surface area (Å²) >= 11 is 0. The standard InChI is InChI=1S/C27H18FN3O3/c28-20-13-18-25(31(17-11-12-17)14-19(26(18)32)27(33)34)24-23(20)29-21(15-7-3-1-4-8-15)22(30-24)16-9-5-2-6-10-16/h1-10,13-14,17H,11-12H2,(H,33,34). The molecule has 6 rings (SSSR count). The van der Waals surface area contributed by atoms with Gasteiger partial charge >= 0.3 is 5.97 Å². The summed E-state index contributed by atoms with van der Waals surface area (Å²) < 4.78 is 17.2. The maximum atomic E-state index is 15.4. The summed E-state index contributed by atoms with van der Waals surface area (Å²) in [6.45, 7) is 0. The zero-order chi connectivity index (χ0) is 23.4. The molecule has 7 heteroatoms. The molecule has 1 aliphatic rings. The van der Waals surface area contributed by atoms with E-state index in [2.05, 4.69) is 0 Å². The molecule has 2 heterocycles. The van der Waals surface area contributed by atoms with Crippen LogP contribution in [0.2, 0.25) is 0 Å². The molecule has 6 nitrogen and oxygen atoms in total. The summed E-state index contributed by atoms with van der Waals surface area (Å²) in [5, 5.41) is 9.55. The minimum atomic E-state index is -1.34. The zero-order valence-electron chi connectivity index (χ0n) is 17.9. The number of benzene rings is 3. The number of carboxylic acids is 1. The van der Waals surface area contributed by atoms with Crippen molar-refractivity contribution >= 4 is 27.9 Å². The van der Waals surface area contributed by atoms with Gasteiger partial charge in [-0.25, -0.2) is 19.2 Å².